The van der Waals surface area contributed by atoms with Gasteiger partial charge in [-0.1, -0.05) is 133 Å². The summed E-state index contributed by atoms with van der Waals surface area (Å²) in [5.74, 6) is 2.54. The smallest absolute Gasteiger partial charge is 0.238 e. The van der Waals surface area contributed by atoms with E-state index in [1.54, 1.807) is 0 Å². The third-order valence-corrected chi connectivity index (χ3v) is 9.98. The number of hydrogen-bond donors (Lipinski definition) is 0. The molecule has 11 rings (SSSR count). The molecule has 0 aliphatic rings. The Kier molecular flexibility index (Phi) is 6.42. The van der Waals surface area contributed by atoms with Gasteiger partial charge in [0.1, 0.15) is 16.9 Å². The summed E-state index contributed by atoms with van der Waals surface area (Å²) in [6.45, 7) is 0. The van der Waals surface area contributed by atoms with Crippen LogP contribution in [-0.2, 0) is 0 Å². The molecule has 0 aliphatic carbocycles. The Morgan fingerprint density at radius 1 is 0.415 bits per heavy atom. The molecule has 248 valence electrons. The van der Waals surface area contributed by atoms with Gasteiger partial charge in [0.15, 0.2) is 17.2 Å². The van der Waals surface area contributed by atoms with Crippen LogP contribution < -0.4 is 0 Å². The predicted molar refractivity (Wildman–Crippen MR) is 212 cm³/mol. The second-order valence-corrected chi connectivity index (χ2v) is 13.1. The van der Waals surface area contributed by atoms with Gasteiger partial charge in [-0.2, -0.15) is 9.97 Å². The maximum atomic E-state index is 6.77. The molecule has 0 bridgehead atoms. The van der Waals surface area contributed by atoms with Crippen LogP contribution in [-0.4, -0.2) is 29.1 Å². The van der Waals surface area contributed by atoms with Gasteiger partial charge < -0.3 is 4.42 Å². The van der Waals surface area contributed by atoms with Gasteiger partial charge in [0.25, 0.3) is 0 Å². The van der Waals surface area contributed by atoms with E-state index in [2.05, 4.69) is 88.0 Å². The zero-order valence-electron chi connectivity index (χ0n) is 28.3. The molecular formula is C46H28N6O. The molecule has 0 atom stereocenters. The van der Waals surface area contributed by atoms with Gasteiger partial charge in [-0.05, 0) is 36.4 Å². The van der Waals surface area contributed by atoms with Crippen LogP contribution in [0.2, 0.25) is 0 Å². The molecule has 0 amide bonds. The minimum Gasteiger partial charge on any atom is -0.454 e. The van der Waals surface area contributed by atoms with Crippen LogP contribution in [0.1, 0.15) is 0 Å². The molecule has 0 N–H and O–H groups in total. The zero-order valence-corrected chi connectivity index (χ0v) is 28.3. The van der Waals surface area contributed by atoms with E-state index >= 15 is 0 Å². The Balaban J connectivity index is 1.33. The van der Waals surface area contributed by atoms with Gasteiger partial charge in [0.05, 0.1) is 16.6 Å². The summed E-state index contributed by atoms with van der Waals surface area (Å²) in [5.41, 5.74) is 9.13. The standard InChI is InChI=1S/C46H28N6O/c1-5-15-29(16-6-1)43-48-44(30-17-7-2-8-18-30)50-46(49-43)52-37-28-27-36-41(51(32-21-11-4-12-22-32)45(47-36)31-19-9-3-10-20-31)39(37)35-26-25-34-33-23-13-14-24-38(33)53-42(34)40(35)52/h1-28H. The highest BCUT2D eigenvalue weighted by atomic mass is 16.3. The van der Waals surface area contributed by atoms with Crippen LogP contribution >= 0.6 is 0 Å². The fourth-order valence-corrected chi connectivity index (χ4v) is 7.64. The third kappa shape index (κ3) is 4.54. The van der Waals surface area contributed by atoms with E-state index in [4.69, 9.17) is 24.4 Å². The monoisotopic (exact) mass is 680 g/mol. The fourth-order valence-electron chi connectivity index (χ4n) is 7.64. The number of rotatable bonds is 5. The van der Waals surface area contributed by atoms with Crippen molar-refractivity contribution in [2.45, 2.75) is 0 Å². The zero-order chi connectivity index (χ0) is 34.9. The lowest BCUT2D eigenvalue weighted by Crippen LogP contribution is -2.06. The molecule has 4 aromatic heterocycles. The normalized spacial score (nSPS) is 11.8. The largest absolute Gasteiger partial charge is 0.454 e. The molecule has 53 heavy (non-hydrogen) atoms. The number of imidazole rings is 1. The average Bonchev–Trinajstić information content (AvgIpc) is 3.92. The molecule has 0 saturated heterocycles. The van der Waals surface area contributed by atoms with Crippen molar-refractivity contribution in [1.82, 2.24) is 29.1 Å². The summed E-state index contributed by atoms with van der Waals surface area (Å²) < 4.78 is 11.2. The molecule has 0 saturated carbocycles. The van der Waals surface area contributed by atoms with Crippen LogP contribution in [0, 0.1) is 0 Å². The summed E-state index contributed by atoms with van der Waals surface area (Å²) in [6, 6.07) is 57.8. The number of furan rings is 1. The van der Waals surface area contributed by atoms with Crippen molar-refractivity contribution in [3.8, 4) is 45.8 Å². The van der Waals surface area contributed by atoms with E-state index in [9.17, 15) is 0 Å². The summed E-state index contributed by atoms with van der Waals surface area (Å²) >= 11 is 0. The molecule has 11 aromatic rings. The minimum absolute atomic E-state index is 0.499. The van der Waals surface area contributed by atoms with Crippen LogP contribution in [0.3, 0.4) is 0 Å². The Morgan fingerprint density at radius 3 is 1.68 bits per heavy atom. The maximum Gasteiger partial charge on any atom is 0.238 e. The number of nitrogens with zero attached hydrogens (tertiary/aromatic N) is 6. The van der Waals surface area contributed by atoms with Crippen molar-refractivity contribution in [2.24, 2.45) is 0 Å². The summed E-state index contributed by atoms with van der Waals surface area (Å²) in [5, 5.41) is 4.12. The van der Waals surface area contributed by atoms with Crippen molar-refractivity contribution in [3.63, 3.8) is 0 Å². The van der Waals surface area contributed by atoms with Crippen LogP contribution in [0.25, 0.3) is 101 Å². The van der Waals surface area contributed by atoms with E-state index < -0.39 is 0 Å². The van der Waals surface area contributed by atoms with E-state index in [0.717, 1.165) is 83.0 Å². The van der Waals surface area contributed by atoms with Gasteiger partial charge in [-0.15, -0.1) is 0 Å². The van der Waals surface area contributed by atoms with Gasteiger partial charge in [0, 0.05) is 43.9 Å². The van der Waals surface area contributed by atoms with Crippen LogP contribution in [0.5, 0.6) is 0 Å². The number of aromatic nitrogens is 6. The first-order valence-electron chi connectivity index (χ1n) is 17.6. The van der Waals surface area contributed by atoms with E-state index in [1.807, 2.05) is 91.0 Å². The fraction of sp³-hybridized carbons (Fsp3) is 0. The Bertz CT molecular complexity index is 3090. The van der Waals surface area contributed by atoms with Crippen molar-refractivity contribution in [3.05, 3.63) is 170 Å². The highest BCUT2D eigenvalue weighted by Gasteiger charge is 2.26. The van der Waals surface area contributed by atoms with Crippen LogP contribution in [0.15, 0.2) is 174 Å². The number of benzene rings is 7. The lowest BCUT2D eigenvalue weighted by Gasteiger charge is -2.11. The predicted octanol–water partition coefficient (Wildman–Crippen LogP) is 11.2. The topological polar surface area (TPSA) is 74.6 Å². The minimum atomic E-state index is 0.499. The lowest BCUT2D eigenvalue weighted by molar-refractivity contribution is 0.670. The number of hydrogen-bond acceptors (Lipinski definition) is 5. The van der Waals surface area contributed by atoms with Crippen LogP contribution in [0.4, 0.5) is 0 Å². The molecule has 0 fully saturated rings. The molecule has 0 spiro atoms. The maximum absolute atomic E-state index is 6.77. The molecule has 7 aromatic carbocycles. The highest BCUT2D eigenvalue weighted by Crippen LogP contribution is 2.44. The first-order chi connectivity index (χ1) is 26.3. The molecule has 0 radical (unpaired) electrons. The van der Waals surface area contributed by atoms with Gasteiger partial charge in [-0.3, -0.25) is 9.13 Å². The second kappa shape index (κ2) is 11.6. The summed E-state index contributed by atoms with van der Waals surface area (Å²) in [6.07, 6.45) is 0. The summed E-state index contributed by atoms with van der Waals surface area (Å²) in [7, 11) is 0. The molecule has 0 unspecified atom stereocenters. The number of fused-ring (bicyclic) bond motifs is 9. The summed E-state index contributed by atoms with van der Waals surface area (Å²) in [4.78, 5) is 20.7. The molecule has 4 heterocycles. The third-order valence-electron chi connectivity index (χ3n) is 9.98. The SMILES string of the molecule is c1ccc(-c2nc(-c3ccccc3)nc(-n3c4ccc5nc(-c6ccccc6)n(-c6ccccc6)c5c4c4ccc5c6ccccc6oc5c43)n2)cc1. The molecular weight excluding hydrogens is 653 g/mol. The Labute approximate surface area is 303 Å². The highest BCUT2D eigenvalue weighted by molar-refractivity contribution is 6.26. The van der Waals surface area contributed by atoms with Crippen molar-refractivity contribution < 1.29 is 4.42 Å². The van der Waals surface area contributed by atoms with Gasteiger partial charge >= 0.3 is 0 Å². The molecule has 7 heteroatoms. The quantitative estimate of drug-likeness (QED) is 0.181. The Morgan fingerprint density at radius 2 is 1.00 bits per heavy atom. The van der Waals surface area contributed by atoms with E-state index in [-0.39, 0.29) is 0 Å². The van der Waals surface area contributed by atoms with Crippen molar-refractivity contribution in [1.29, 1.82) is 0 Å². The van der Waals surface area contributed by atoms with E-state index in [1.165, 1.54) is 0 Å². The molecule has 7 nitrogen and oxygen atoms in total. The molecule has 0 aliphatic heterocycles. The Hall–Kier alpha value is -7.38. The lowest BCUT2D eigenvalue weighted by atomic mass is 10.1. The van der Waals surface area contributed by atoms with Gasteiger partial charge in [0.2, 0.25) is 5.95 Å². The van der Waals surface area contributed by atoms with Crippen molar-refractivity contribution in [2.75, 3.05) is 0 Å². The first-order valence-corrected chi connectivity index (χ1v) is 17.6. The average molecular weight is 681 g/mol. The van der Waals surface area contributed by atoms with Crippen molar-refractivity contribution >= 4 is 54.8 Å². The number of para-hydroxylation sites is 2. The van der Waals surface area contributed by atoms with Gasteiger partial charge in [-0.25, -0.2) is 9.97 Å². The van der Waals surface area contributed by atoms with E-state index in [0.29, 0.717) is 17.6 Å². The second-order valence-electron chi connectivity index (χ2n) is 13.1. The first kappa shape index (κ1) is 29.4.